The molecule has 0 aromatic carbocycles. The van der Waals surface area contributed by atoms with Crippen LogP contribution in [0.2, 0.25) is 0 Å². The summed E-state index contributed by atoms with van der Waals surface area (Å²) in [4.78, 5) is 0. The fourth-order valence-electron chi connectivity index (χ4n) is 2.75. The summed E-state index contributed by atoms with van der Waals surface area (Å²) in [5.74, 6) is 0.371. The highest BCUT2D eigenvalue weighted by Crippen LogP contribution is 2.28. The van der Waals surface area contributed by atoms with Crippen LogP contribution in [0.3, 0.4) is 0 Å². The van der Waals surface area contributed by atoms with Crippen LogP contribution >= 0.6 is 0 Å². The molecule has 1 aliphatic carbocycles. The Morgan fingerprint density at radius 2 is 1.65 bits per heavy atom. The van der Waals surface area contributed by atoms with Crippen molar-refractivity contribution >= 4 is 10.0 Å². The van der Waals surface area contributed by atoms with Crippen molar-refractivity contribution in [2.24, 2.45) is 5.92 Å². The van der Waals surface area contributed by atoms with Gasteiger partial charge in [0.15, 0.2) is 0 Å². The molecule has 0 heterocycles. The molecule has 1 unspecified atom stereocenters. The van der Waals surface area contributed by atoms with E-state index in [4.69, 9.17) is 0 Å². The van der Waals surface area contributed by atoms with E-state index in [9.17, 15) is 8.42 Å². The first-order valence-corrected chi connectivity index (χ1v) is 9.49. The number of nitrogens with one attached hydrogen (secondary N) is 1. The molecule has 0 aromatic rings. The lowest BCUT2D eigenvalue weighted by Gasteiger charge is -2.32. The monoisotopic (exact) mass is 304 g/mol. The van der Waals surface area contributed by atoms with Gasteiger partial charge in [-0.15, -0.1) is 0 Å². The average molecular weight is 304 g/mol. The zero-order valence-electron chi connectivity index (χ0n) is 13.7. The molecule has 120 valence electrons. The predicted molar refractivity (Wildman–Crippen MR) is 85.3 cm³/mol. The summed E-state index contributed by atoms with van der Waals surface area (Å²) in [5, 5.41) is 2.89. The molecule has 1 rings (SSSR count). The Balaban J connectivity index is 2.80. The summed E-state index contributed by atoms with van der Waals surface area (Å²) in [6.45, 7) is 11.3. The van der Waals surface area contributed by atoms with Gasteiger partial charge in [-0.25, -0.2) is 8.42 Å². The standard InChI is InChI=1S/C15H32N2O2S/c1-12(2)11-17(15-8-6-7-9-15)20(18,19)14(5)10-16-13(3)4/h12-16H,6-11H2,1-5H3. The van der Waals surface area contributed by atoms with E-state index in [1.807, 2.05) is 20.8 Å². The smallest absolute Gasteiger partial charge is 0.218 e. The summed E-state index contributed by atoms with van der Waals surface area (Å²) in [5.41, 5.74) is 0. The fourth-order valence-corrected chi connectivity index (χ4v) is 4.65. The normalized spacial score (nSPS) is 19.4. The summed E-state index contributed by atoms with van der Waals surface area (Å²) in [6, 6.07) is 0.543. The lowest BCUT2D eigenvalue weighted by Crippen LogP contribution is -2.48. The van der Waals surface area contributed by atoms with E-state index in [0.29, 0.717) is 25.0 Å². The van der Waals surface area contributed by atoms with Crippen LogP contribution in [0.1, 0.15) is 60.3 Å². The molecule has 1 saturated carbocycles. The Bertz CT molecular complexity index is 373. The van der Waals surface area contributed by atoms with Crippen LogP contribution in [0.25, 0.3) is 0 Å². The molecule has 0 amide bonds. The first kappa shape index (κ1) is 17.9. The highest BCUT2D eigenvalue weighted by Gasteiger charge is 2.35. The molecule has 1 fully saturated rings. The molecule has 0 radical (unpaired) electrons. The summed E-state index contributed by atoms with van der Waals surface area (Å²) >= 11 is 0. The molecule has 4 nitrogen and oxygen atoms in total. The molecule has 0 aliphatic heterocycles. The first-order chi connectivity index (χ1) is 9.25. The molecule has 1 atom stereocenters. The van der Waals surface area contributed by atoms with Crippen LogP contribution in [0.4, 0.5) is 0 Å². The van der Waals surface area contributed by atoms with Gasteiger partial charge in [-0.3, -0.25) is 0 Å². The molecule has 5 heteroatoms. The third-order valence-electron chi connectivity index (χ3n) is 3.93. The van der Waals surface area contributed by atoms with E-state index in [-0.39, 0.29) is 11.3 Å². The van der Waals surface area contributed by atoms with Crippen molar-refractivity contribution in [2.75, 3.05) is 13.1 Å². The third kappa shape index (κ3) is 5.01. The minimum atomic E-state index is -3.20. The summed E-state index contributed by atoms with van der Waals surface area (Å²) in [7, 11) is -3.20. The number of hydrogen-bond donors (Lipinski definition) is 1. The highest BCUT2D eigenvalue weighted by atomic mass is 32.2. The molecule has 0 saturated heterocycles. The quantitative estimate of drug-likeness (QED) is 0.750. The Morgan fingerprint density at radius 1 is 1.10 bits per heavy atom. The van der Waals surface area contributed by atoms with Crippen molar-refractivity contribution in [1.82, 2.24) is 9.62 Å². The largest absolute Gasteiger partial charge is 0.313 e. The van der Waals surface area contributed by atoms with Gasteiger partial charge in [0.25, 0.3) is 0 Å². The average Bonchev–Trinajstić information content (AvgIpc) is 2.85. The van der Waals surface area contributed by atoms with E-state index in [1.54, 1.807) is 4.31 Å². The molecule has 20 heavy (non-hydrogen) atoms. The molecule has 1 aliphatic rings. The molecule has 1 N–H and O–H groups in total. The van der Waals surface area contributed by atoms with Crippen molar-refractivity contribution in [1.29, 1.82) is 0 Å². The third-order valence-corrected chi connectivity index (χ3v) is 6.21. The predicted octanol–water partition coefficient (Wildman–Crippen LogP) is 2.60. The molecule has 0 spiro atoms. The lowest BCUT2D eigenvalue weighted by atomic mass is 10.2. The first-order valence-electron chi connectivity index (χ1n) is 7.99. The number of nitrogens with zero attached hydrogens (tertiary/aromatic N) is 1. The van der Waals surface area contributed by atoms with Gasteiger partial charge < -0.3 is 5.32 Å². The Hall–Kier alpha value is -0.130. The van der Waals surface area contributed by atoms with E-state index in [2.05, 4.69) is 19.2 Å². The highest BCUT2D eigenvalue weighted by molar-refractivity contribution is 7.89. The van der Waals surface area contributed by atoms with Gasteiger partial charge >= 0.3 is 0 Å². The zero-order chi connectivity index (χ0) is 15.3. The number of sulfonamides is 1. The van der Waals surface area contributed by atoms with Gasteiger partial charge in [-0.1, -0.05) is 40.5 Å². The van der Waals surface area contributed by atoms with Crippen molar-refractivity contribution in [3.63, 3.8) is 0 Å². The maximum atomic E-state index is 12.9. The van der Waals surface area contributed by atoms with E-state index >= 15 is 0 Å². The van der Waals surface area contributed by atoms with Crippen LogP contribution in [0, 0.1) is 5.92 Å². The maximum absolute atomic E-state index is 12.9. The van der Waals surface area contributed by atoms with Crippen molar-refractivity contribution < 1.29 is 8.42 Å². The Labute approximate surface area is 125 Å². The van der Waals surface area contributed by atoms with Crippen molar-refractivity contribution in [2.45, 2.75) is 77.6 Å². The Kier molecular flexibility index (Phi) is 6.95. The van der Waals surface area contributed by atoms with Gasteiger partial charge in [0.1, 0.15) is 0 Å². The lowest BCUT2D eigenvalue weighted by molar-refractivity contribution is 0.289. The molecular formula is C15H32N2O2S. The van der Waals surface area contributed by atoms with Crippen LogP contribution < -0.4 is 5.32 Å². The topological polar surface area (TPSA) is 49.4 Å². The van der Waals surface area contributed by atoms with Gasteiger partial charge in [0, 0.05) is 25.2 Å². The van der Waals surface area contributed by atoms with Gasteiger partial charge in [-0.05, 0) is 25.7 Å². The van der Waals surface area contributed by atoms with Crippen molar-refractivity contribution in [3.05, 3.63) is 0 Å². The summed E-state index contributed by atoms with van der Waals surface area (Å²) in [6.07, 6.45) is 4.37. The van der Waals surface area contributed by atoms with E-state index in [1.165, 1.54) is 0 Å². The van der Waals surface area contributed by atoms with Crippen molar-refractivity contribution in [3.8, 4) is 0 Å². The second-order valence-corrected chi connectivity index (χ2v) is 9.12. The second-order valence-electron chi connectivity index (χ2n) is 6.82. The Morgan fingerprint density at radius 3 is 2.10 bits per heavy atom. The van der Waals surface area contributed by atoms with Crippen LogP contribution in [-0.4, -0.2) is 43.1 Å². The molecule has 0 aromatic heterocycles. The second kappa shape index (κ2) is 7.76. The fraction of sp³-hybridized carbons (Fsp3) is 1.00. The number of rotatable bonds is 8. The summed E-state index contributed by atoms with van der Waals surface area (Å²) < 4.78 is 27.5. The van der Waals surface area contributed by atoms with E-state index in [0.717, 1.165) is 25.7 Å². The van der Waals surface area contributed by atoms with Gasteiger partial charge in [0.2, 0.25) is 10.0 Å². The zero-order valence-corrected chi connectivity index (χ0v) is 14.5. The number of hydrogen-bond acceptors (Lipinski definition) is 3. The molecular weight excluding hydrogens is 272 g/mol. The maximum Gasteiger partial charge on any atom is 0.218 e. The van der Waals surface area contributed by atoms with E-state index < -0.39 is 10.0 Å². The van der Waals surface area contributed by atoms with Crippen LogP contribution in [-0.2, 0) is 10.0 Å². The SMILES string of the molecule is CC(C)CN(C1CCCC1)S(=O)(=O)C(C)CNC(C)C. The minimum Gasteiger partial charge on any atom is -0.313 e. The molecule has 0 bridgehead atoms. The van der Waals surface area contributed by atoms with Gasteiger partial charge in [0.05, 0.1) is 5.25 Å². The van der Waals surface area contributed by atoms with Gasteiger partial charge in [-0.2, -0.15) is 4.31 Å². The van der Waals surface area contributed by atoms with Crippen LogP contribution in [0.5, 0.6) is 0 Å². The minimum absolute atomic E-state index is 0.226. The van der Waals surface area contributed by atoms with Crippen LogP contribution in [0.15, 0.2) is 0 Å².